The zero-order valence-electron chi connectivity index (χ0n) is 8.27. The lowest BCUT2D eigenvalue weighted by Crippen LogP contribution is -1.93. The molecule has 14 heavy (non-hydrogen) atoms. The molecule has 0 saturated carbocycles. The van der Waals surface area contributed by atoms with Crippen LogP contribution >= 0.6 is 0 Å². The van der Waals surface area contributed by atoms with Crippen molar-refractivity contribution in [2.75, 3.05) is 13.7 Å². The van der Waals surface area contributed by atoms with Gasteiger partial charge in [-0.15, -0.1) is 0 Å². The van der Waals surface area contributed by atoms with Gasteiger partial charge in [0, 0.05) is 7.11 Å². The molecule has 74 valence electrons. The van der Waals surface area contributed by atoms with Crippen LogP contribution in [0.2, 0.25) is 0 Å². The highest BCUT2D eigenvalue weighted by molar-refractivity contribution is 5.81. The standard InChI is InChI=1S/C12H14O2/c1-14-8-7-12(10-13)9-11-5-3-2-4-6-11/h2-6,9-10H,7-8H2,1H3/b12-9+. The summed E-state index contributed by atoms with van der Waals surface area (Å²) < 4.78 is 4.91. The van der Waals surface area contributed by atoms with Gasteiger partial charge in [0.15, 0.2) is 0 Å². The van der Waals surface area contributed by atoms with Crippen LogP contribution in [-0.2, 0) is 9.53 Å². The Hall–Kier alpha value is -1.41. The Bertz CT molecular complexity index is 301. The molecule has 2 heteroatoms. The number of carbonyl (C=O) groups is 1. The van der Waals surface area contributed by atoms with E-state index in [1.807, 2.05) is 36.4 Å². The summed E-state index contributed by atoms with van der Waals surface area (Å²) >= 11 is 0. The van der Waals surface area contributed by atoms with E-state index in [1.54, 1.807) is 7.11 Å². The Labute approximate surface area is 84.2 Å². The summed E-state index contributed by atoms with van der Waals surface area (Å²) in [5, 5.41) is 0. The van der Waals surface area contributed by atoms with Crippen LogP contribution in [0.5, 0.6) is 0 Å². The first kappa shape index (κ1) is 10.7. The van der Waals surface area contributed by atoms with Crippen molar-refractivity contribution in [2.45, 2.75) is 6.42 Å². The molecular weight excluding hydrogens is 176 g/mol. The summed E-state index contributed by atoms with van der Waals surface area (Å²) in [6.45, 7) is 0.581. The zero-order chi connectivity index (χ0) is 10.2. The number of rotatable bonds is 5. The quantitative estimate of drug-likeness (QED) is 0.526. The first-order valence-electron chi connectivity index (χ1n) is 4.56. The summed E-state index contributed by atoms with van der Waals surface area (Å²) in [6, 6.07) is 9.79. The first-order valence-corrected chi connectivity index (χ1v) is 4.56. The van der Waals surface area contributed by atoms with Crippen LogP contribution in [0.15, 0.2) is 35.9 Å². The van der Waals surface area contributed by atoms with E-state index in [-0.39, 0.29) is 0 Å². The molecule has 0 amide bonds. The maximum Gasteiger partial charge on any atom is 0.146 e. The molecule has 1 rings (SSSR count). The van der Waals surface area contributed by atoms with Gasteiger partial charge in [-0.25, -0.2) is 0 Å². The molecule has 1 aromatic rings. The van der Waals surface area contributed by atoms with Crippen molar-refractivity contribution in [1.82, 2.24) is 0 Å². The molecule has 2 nitrogen and oxygen atoms in total. The minimum atomic E-state index is 0.581. The predicted octanol–water partition coefficient (Wildman–Crippen LogP) is 2.31. The second kappa shape index (κ2) is 6.11. The van der Waals surface area contributed by atoms with E-state index in [0.29, 0.717) is 13.0 Å². The van der Waals surface area contributed by atoms with E-state index in [1.165, 1.54) is 0 Å². The van der Waals surface area contributed by atoms with Crippen LogP contribution in [0, 0.1) is 0 Å². The maximum atomic E-state index is 10.7. The average Bonchev–Trinajstić information content (AvgIpc) is 2.25. The minimum absolute atomic E-state index is 0.581. The van der Waals surface area contributed by atoms with Crippen LogP contribution in [0.3, 0.4) is 0 Å². The topological polar surface area (TPSA) is 26.3 Å². The van der Waals surface area contributed by atoms with Gasteiger partial charge in [0.05, 0.1) is 6.61 Å². The molecule has 1 aromatic carbocycles. The lowest BCUT2D eigenvalue weighted by atomic mass is 10.1. The molecule has 0 saturated heterocycles. The number of methoxy groups -OCH3 is 1. The third kappa shape index (κ3) is 3.54. The number of ether oxygens (including phenoxy) is 1. The highest BCUT2D eigenvalue weighted by atomic mass is 16.5. The fourth-order valence-corrected chi connectivity index (χ4v) is 1.15. The van der Waals surface area contributed by atoms with Crippen LogP contribution in [0.25, 0.3) is 6.08 Å². The van der Waals surface area contributed by atoms with Gasteiger partial charge in [-0.05, 0) is 23.6 Å². The van der Waals surface area contributed by atoms with Crippen molar-refractivity contribution in [3.05, 3.63) is 41.5 Å². The molecule has 0 unspecified atom stereocenters. The number of carbonyl (C=O) groups excluding carboxylic acids is 1. The molecular formula is C12H14O2. The molecule has 0 fully saturated rings. The van der Waals surface area contributed by atoms with Crippen molar-refractivity contribution >= 4 is 12.4 Å². The molecule has 0 radical (unpaired) electrons. The fraction of sp³-hybridized carbons (Fsp3) is 0.250. The second-order valence-corrected chi connectivity index (χ2v) is 2.99. The van der Waals surface area contributed by atoms with Gasteiger partial charge in [0.1, 0.15) is 6.29 Å². The van der Waals surface area contributed by atoms with Gasteiger partial charge in [0.25, 0.3) is 0 Å². The average molecular weight is 190 g/mol. The third-order valence-corrected chi connectivity index (χ3v) is 1.90. The molecule has 0 aliphatic carbocycles. The number of benzene rings is 1. The molecule has 0 spiro atoms. The predicted molar refractivity (Wildman–Crippen MR) is 57.0 cm³/mol. The Kier molecular flexibility index (Phi) is 4.65. The lowest BCUT2D eigenvalue weighted by Gasteiger charge is -1.99. The van der Waals surface area contributed by atoms with Gasteiger partial charge < -0.3 is 4.74 Å². The molecule has 0 atom stereocenters. The smallest absolute Gasteiger partial charge is 0.146 e. The van der Waals surface area contributed by atoms with E-state index < -0.39 is 0 Å². The largest absolute Gasteiger partial charge is 0.384 e. The Balaban J connectivity index is 2.68. The van der Waals surface area contributed by atoms with E-state index in [4.69, 9.17) is 4.74 Å². The van der Waals surface area contributed by atoms with Crippen LogP contribution < -0.4 is 0 Å². The maximum absolute atomic E-state index is 10.7. The van der Waals surface area contributed by atoms with E-state index in [0.717, 1.165) is 17.4 Å². The second-order valence-electron chi connectivity index (χ2n) is 2.99. The van der Waals surface area contributed by atoms with Gasteiger partial charge in [-0.2, -0.15) is 0 Å². The molecule has 0 aromatic heterocycles. The van der Waals surface area contributed by atoms with Gasteiger partial charge in [-0.3, -0.25) is 4.79 Å². The fourth-order valence-electron chi connectivity index (χ4n) is 1.15. The van der Waals surface area contributed by atoms with Crippen molar-refractivity contribution in [3.63, 3.8) is 0 Å². The Morgan fingerprint density at radius 3 is 2.64 bits per heavy atom. The van der Waals surface area contributed by atoms with Gasteiger partial charge >= 0.3 is 0 Å². The van der Waals surface area contributed by atoms with E-state index in [2.05, 4.69) is 0 Å². The minimum Gasteiger partial charge on any atom is -0.384 e. The summed E-state index contributed by atoms with van der Waals surface area (Å²) in [5.74, 6) is 0. The summed E-state index contributed by atoms with van der Waals surface area (Å²) in [6.07, 6.45) is 3.42. The summed E-state index contributed by atoms with van der Waals surface area (Å²) in [7, 11) is 1.63. The van der Waals surface area contributed by atoms with Gasteiger partial charge in [0.2, 0.25) is 0 Å². The lowest BCUT2D eigenvalue weighted by molar-refractivity contribution is -0.105. The number of hydrogen-bond acceptors (Lipinski definition) is 2. The summed E-state index contributed by atoms with van der Waals surface area (Å²) in [4.78, 5) is 10.7. The van der Waals surface area contributed by atoms with Gasteiger partial charge in [-0.1, -0.05) is 30.3 Å². The Morgan fingerprint density at radius 1 is 1.36 bits per heavy atom. The highest BCUT2D eigenvalue weighted by Gasteiger charge is 1.95. The van der Waals surface area contributed by atoms with E-state index >= 15 is 0 Å². The molecule has 0 aliphatic rings. The van der Waals surface area contributed by atoms with Crippen molar-refractivity contribution in [3.8, 4) is 0 Å². The molecule has 0 bridgehead atoms. The SMILES string of the molecule is COCC/C(C=O)=C\c1ccccc1. The zero-order valence-corrected chi connectivity index (χ0v) is 8.27. The summed E-state index contributed by atoms with van der Waals surface area (Å²) in [5.41, 5.74) is 1.81. The Morgan fingerprint density at radius 2 is 2.07 bits per heavy atom. The van der Waals surface area contributed by atoms with Crippen LogP contribution in [-0.4, -0.2) is 20.0 Å². The highest BCUT2D eigenvalue weighted by Crippen LogP contribution is 2.07. The van der Waals surface area contributed by atoms with Crippen molar-refractivity contribution in [2.24, 2.45) is 0 Å². The molecule has 0 N–H and O–H groups in total. The third-order valence-electron chi connectivity index (χ3n) is 1.90. The normalized spacial score (nSPS) is 11.4. The molecule has 0 aliphatic heterocycles. The first-order chi connectivity index (χ1) is 6.86. The number of hydrogen-bond donors (Lipinski definition) is 0. The monoisotopic (exact) mass is 190 g/mol. The van der Waals surface area contributed by atoms with Crippen LogP contribution in [0.4, 0.5) is 0 Å². The van der Waals surface area contributed by atoms with Crippen molar-refractivity contribution < 1.29 is 9.53 Å². The van der Waals surface area contributed by atoms with E-state index in [9.17, 15) is 4.79 Å². The van der Waals surface area contributed by atoms with Crippen molar-refractivity contribution in [1.29, 1.82) is 0 Å². The molecule has 0 heterocycles. The number of aldehydes is 1. The van der Waals surface area contributed by atoms with Crippen LogP contribution in [0.1, 0.15) is 12.0 Å².